The van der Waals surface area contributed by atoms with E-state index in [0.29, 0.717) is 30.6 Å². The van der Waals surface area contributed by atoms with Crippen molar-refractivity contribution in [2.24, 2.45) is 5.73 Å². The van der Waals surface area contributed by atoms with E-state index in [1.165, 1.54) is 4.90 Å². The number of aromatic nitrogens is 2. The topological polar surface area (TPSA) is 113 Å². The standard InChI is InChI=1S/C21H25N5O3/c1-21(29,10-12-25(2)14-27)9-8-15-5-3-6-16(13-15)26-17-7-4-11-23-18(17)19(24-26)20(22)28/h3,5-6,13-14,23,29H,4,7,10-12H2,1-2H3,(H2,22,28). The average molecular weight is 395 g/mol. The maximum atomic E-state index is 11.8. The Bertz CT molecular complexity index is 984. The number of primary amides is 1. The molecule has 1 aromatic heterocycles. The maximum absolute atomic E-state index is 11.8. The predicted molar refractivity (Wildman–Crippen MR) is 110 cm³/mol. The van der Waals surface area contributed by atoms with Crippen molar-refractivity contribution in [3.8, 4) is 17.5 Å². The third-order valence-electron chi connectivity index (χ3n) is 4.80. The highest BCUT2D eigenvalue weighted by Gasteiger charge is 2.24. The second-order valence-electron chi connectivity index (χ2n) is 7.39. The molecule has 2 heterocycles. The smallest absolute Gasteiger partial charge is 0.271 e. The molecule has 0 saturated heterocycles. The molecule has 8 heteroatoms. The summed E-state index contributed by atoms with van der Waals surface area (Å²) in [6.45, 7) is 2.81. The van der Waals surface area contributed by atoms with Gasteiger partial charge in [-0.1, -0.05) is 17.9 Å². The van der Waals surface area contributed by atoms with Gasteiger partial charge >= 0.3 is 0 Å². The van der Waals surface area contributed by atoms with Crippen LogP contribution in [0, 0.1) is 11.8 Å². The summed E-state index contributed by atoms with van der Waals surface area (Å²) in [4.78, 5) is 23.9. The number of amides is 2. The first-order chi connectivity index (χ1) is 13.8. The Morgan fingerprint density at radius 2 is 2.31 bits per heavy atom. The van der Waals surface area contributed by atoms with Crippen LogP contribution in [0.1, 0.15) is 41.5 Å². The Labute approximate surface area is 169 Å². The molecular formula is C21H25N5O3. The highest BCUT2D eigenvalue weighted by atomic mass is 16.3. The number of hydrogen-bond acceptors (Lipinski definition) is 5. The molecule has 29 heavy (non-hydrogen) atoms. The molecule has 4 N–H and O–H groups in total. The highest BCUT2D eigenvalue weighted by molar-refractivity contribution is 5.97. The third kappa shape index (κ3) is 4.76. The molecule has 1 aliphatic heterocycles. The van der Waals surface area contributed by atoms with E-state index in [9.17, 15) is 14.7 Å². The van der Waals surface area contributed by atoms with Crippen LogP contribution >= 0.6 is 0 Å². The minimum absolute atomic E-state index is 0.235. The molecular weight excluding hydrogens is 370 g/mol. The van der Waals surface area contributed by atoms with Crippen molar-refractivity contribution in [2.75, 3.05) is 25.5 Å². The van der Waals surface area contributed by atoms with Gasteiger partial charge in [0.05, 0.1) is 17.1 Å². The molecule has 0 radical (unpaired) electrons. The zero-order chi connectivity index (χ0) is 21.0. The Hall–Kier alpha value is -3.31. The lowest BCUT2D eigenvalue weighted by atomic mass is 10.0. The number of carbonyl (C=O) groups excluding carboxylic acids is 2. The molecule has 1 unspecified atom stereocenters. The first-order valence-electron chi connectivity index (χ1n) is 9.48. The second-order valence-corrected chi connectivity index (χ2v) is 7.39. The molecule has 8 nitrogen and oxygen atoms in total. The second kappa shape index (κ2) is 8.37. The number of benzene rings is 1. The van der Waals surface area contributed by atoms with Gasteiger partial charge in [0.2, 0.25) is 6.41 Å². The number of nitrogens with zero attached hydrogens (tertiary/aromatic N) is 3. The Morgan fingerprint density at radius 3 is 3.03 bits per heavy atom. The summed E-state index contributed by atoms with van der Waals surface area (Å²) in [5.41, 5.74) is 7.59. The van der Waals surface area contributed by atoms with Gasteiger partial charge in [-0.15, -0.1) is 0 Å². The van der Waals surface area contributed by atoms with Gasteiger partial charge in [0.1, 0.15) is 5.60 Å². The third-order valence-corrected chi connectivity index (χ3v) is 4.80. The van der Waals surface area contributed by atoms with Crippen LogP contribution in [0.3, 0.4) is 0 Å². The lowest BCUT2D eigenvalue weighted by molar-refractivity contribution is -0.117. The van der Waals surface area contributed by atoms with Gasteiger partial charge < -0.3 is 21.1 Å². The summed E-state index contributed by atoms with van der Waals surface area (Å²) in [6, 6.07) is 7.43. The van der Waals surface area contributed by atoms with E-state index in [1.54, 1.807) is 18.7 Å². The lowest BCUT2D eigenvalue weighted by Gasteiger charge is -2.19. The number of aliphatic hydroxyl groups is 1. The van der Waals surface area contributed by atoms with Gasteiger partial charge in [-0.2, -0.15) is 5.10 Å². The molecule has 2 aromatic rings. The summed E-state index contributed by atoms with van der Waals surface area (Å²) < 4.78 is 1.73. The number of carbonyl (C=O) groups is 2. The quantitative estimate of drug-likeness (QED) is 0.497. The minimum atomic E-state index is -1.22. The van der Waals surface area contributed by atoms with E-state index in [1.807, 2.05) is 24.3 Å². The number of rotatable bonds is 6. The molecule has 152 valence electrons. The summed E-state index contributed by atoms with van der Waals surface area (Å²) in [5.74, 6) is 5.29. The van der Waals surface area contributed by atoms with E-state index in [2.05, 4.69) is 22.3 Å². The van der Waals surface area contributed by atoms with Crippen molar-refractivity contribution in [1.29, 1.82) is 0 Å². The first-order valence-corrected chi connectivity index (χ1v) is 9.48. The van der Waals surface area contributed by atoms with Crippen LogP contribution in [-0.2, 0) is 11.2 Å². The first kappa shape index (κ1) is 20.4. The molecule has 2 amide bonds. The van der Waals surface area contributed by atoms with Gasteiger partial charge in [0.15, 0.2) is 5.69 Å². The van der Waals surface area contributed by atoms with Crippen molar-refractivity contribution in [1.82, 2.24) is 14.7 Å². The zero-order valence-corrected chi connectivity index (χ0v) is 16.6. The van der Waals surface area contributed by atoms with Crippen molar-refractivity contribution < 1.29 is 14.7 Å². The molecule has 0 aliphatic carbocycles. The predicted octanol–water partition coefficient (Wildman–Crippen LogP) is 0.910. The fraction of sp³-hybridized carbons (Fsp3) is 0.381. The fourth-order valence-corrected chi connectivity index (χ4v) is 3.16. The Morgan fingerprint density at radius 1 is 1.52 bits per heavy atom. The van der Waals surface area contributed by atoms with Crippen LogP contribution in [0.25, 0.3) is 5.69 Å². The van der Waals surface area contributed by atoms with Crippen LogP contribution in [0.5, 0.6) is 0 Å². The van der Waals surface area contributed by atoms with Crippen molar-refractivity contribution in [3.63, 3.8) is 0 Å². The van der Waals surface area contributed by atoms with Crippen molar-refractivity contribution >= 4 is 18.0 Å². The summed E-state index contributed by atoms with van der Waals surface area (Å²) in [5, 5.41) is 18.1. The van der Waals surface area contributed by atoms with Crippen LogP contribution in [0.2, 0.25) is 0 Å². The van der Waals surface area contributed by atoms with E-state index >= 15 is 0 Å². The number of anilines is 1. The molecule has 0 saturated carbocycles. The number of nitrogens with one attached hydrogen (secondary N) is 1. The van der Waals surface area contributed by atoms with Crippen LogP contribution < -0.4 is 11.1 Å². The van der Waals surface area contributed by atoms with Gasteiger partial charge in [0.25, 0.3) is 5.91 Å². The summed E-state index contributed by atoms with van der Waals surface area (Å²) in [7, 11) is 1.65. The van der Waals surface area contributed by atoms with Gasteiger partial charge in [-0.25, -0.2) is 4.68 Å². The molecule has 0 bridgehead atoms. The number of hydrogen-bond donors (Lipinski definition) is 3. The van der Waals surface area contributed by atoms with Crippen LogP contribution in [-0.4, -0.2) is 57.8 Å². The van der Waals surface area contributed by atoms with E-state index in [4.69, 9.17) is 5.73 Å². The van der Waals surface area contributed by atoms with Gasteiger partial charge in [-0.3, -0.25) is 9.59 Å². The van der Waals surface area contributed by atoms with E-state index in [-0.39, 0.29) is 5.69 Å². The monoisotopic (exact) mass is 395 g/mol. The molecule has 1 atom stereocenters. The highest BCUT2D eigenvalue weighted by Crippen LogP contribution is 2.28. The molecule has 0 fully saturated rings. The Kier molecular flexibility index (Phi) is 5.89. The largest absolute Gasteiger partial charge is 0.382 e. The fourth-order valence-electron chi connectivity index (χ4n) is 3.16. The maximum Gasteiger partial charge on any atom is 0.271 e. The van der Waals surface area contributed by atoms with Crippen LogP contribution in [0.4, 0.5) is 5.69 Å². The van der Waals surface area contributed by atoms with E-state index < -0.39 is 11.5 Å². The minimum Gasteiger partial charge on any atom is -0.382 e. The molecule has 1 aromatic carbocycles. The number of fused-ring (bicyclic) bond motifs is 1. The number of nitrogens with two attached hydrogens (primary N) is 1. The summed E-state index contributed by atoms with van der Waals surface area (Å²) >= 11 is 0. The normalized spacial score (nSPS) is 14.6. The molecule has 1 aliphatic rings. The average Bonchev–Trinajstić information content (AvgIpc) is 3.11. The molecule has 0 spiro atoms. The van der Waals surface area contributed by atoms with Crippen LogP contribution in [0.15, 0.2) is 24.3 Å². The van der Waals surface area contributed by atoms with Crippen molar-refractivity contribution in [2.45, 2.75) is 31.8 Å². The lowest BCUT2D eigenvalue weighted by Crippen LogP contribution is -2.29. The van der Waals surface area contributed by atoms with Gasteiger partial charge in [0, 0.05) is 32.1 Å². The molecule has 3 rings (SSSR count). The summed E-state index contributed by atoms with van der Waals surface area (Å²) in [6.07, 6.45) is 2.79. The van der Waals surface area contributed by atoms with E-state index in [0.717, 1.165) is 30.8 Å². The SMILES string of the molecule is CN(C=O)CCC(C)(O)C#Cc1cccc(-n2nc(C(N)=O)c3c2CCCN3)c1. The Balaban J connectivity index is 1.88. The zero-order valence-electron chi connectivity index (χ0n) is 16.6. The van der Waals surface area contributed by atoms with Gasteiger partial charge in [-0.05, 0) is 38.0 Å². The van der Waals surface area contributed by atoms with Crippen molar-refractivity contribution in [3.05, 3.63) is 41.2 Å².